The molecule has 0 atom stereocenters. The van der Waals surface area contributed by atoms with Crippen LogP contribution in [0.1, 0.15) is 5.82 Å². The Morgan fingerprint density at radius 1 is 1.26 bits per heavy atom. The van der Waals surface area contributed by atoms with Crippen molar-refractivity contribution in [3.8, 4) is 0 Å². The summed E-state index contributed by atoms with van der Waals surface area (Å²) in [6.07, 6.45) is 1.76. The second kappa shape index (κ2) is 4.14. The molecule has 0 saturated carbocycles. The molecule has 4 rings (SSSR count). The second-order valence-electron chi connectivity index (χ2n) is 4.32. The standard InChI is InChI=1S/C11H9ClN6S/c12-11-14-9(7-1-4-19-10(7)15-11)17-2-3-18-6-13-16-8(18)5-17/h1,4,6H,2-3,5H2. The Morgan fingerprint density at radius 2 is 2.21 bits per heavy atom. The molecule has 0 spiro atoms. The van der Waals surface area contributed by atoms with Crippen LogP contribution in [0.2, 0.25) is 5.28 Å². The molecule has 8 heteroatoms. The van der Waals surface area contributed by atoms with Gasteiger partial charge in [0.25, 0.3) is 0 Å². The van der Waals surface area contributed by atoms with Gasteiger partial charge in [-0.3, -0.25) is 0 Å². The quantitative estimate of drug-likeness (QED) is 0.642. The first-order valence-corrected chi connectivity index (χ1v) is 7.09. The first-order valence-electron chi connectivity index (χ1n) is 5.83. The van der Waals surface area contributed by atoms with Crippen molar-refractivity contribution in [1.29, 1.82) is 0 Å². The topological polar surface area (TPSA) is 59.7 Å². The van der Waals surface area contributed by atoms with Crippen LogP contribution in [0.5, 0.6) is 0 Å². The minimum Gasteiger partial charge on any atom is -0.347 e. The van der Waals surface area contributed by atoms with E-state index in [1.807, 2.05) is 11.4 Å². The summed E-state index contributed by atoms with van der Waals surface area (Å²) >= 11 is 7.58. The number of hydrogen-bond acceptors (Lipinski definition) is 6. The van der Waals surface area contributed by atoms with E-state index in [-0.39, 0.29) is 5.28 Å². The fraction of sp³-hybridized carbons (Fsp3) is 0.273. The van der Waals surface area contributed by atoms with Crippen molar-refractivity contribution in [2.24, 2.45) is 0 Å². The minimum absolute atomic E-state index is 0.289. The van der Waals surface area contributed by atoms with Gasteiger partial charge >= 0.3 is 0 Å². The number of thiophene rings is 1. The maximum atomic E-state index is 6.00. The first kappa shape index (κ1) is 11.1. The Kier molecular flexibility index (Phi) is 2.42. The Hall–Kier alpha value is -1.73. The Balaban J connectivity index is 1.81. The monoisotopic (exact) mass is 292 g/mol. The highest BCUT2D eigenvalue weighted by Gasteiger charge is 2.21. The zero-order valence-corrected chi connectivity index (χ0v) is 11.4. The molecule has 1 aliphatic heterocycles. The molecule has 96 valence electrons. The lowest BCUT2D eigenvalue weighted by molar-refractivity contribution is 0.557. The number of hydrogen-bond donors (Lipinski definition) is 0. The minimum atomic E-state index is 0.289. The van der Waals surface area contributed by atoms with Gasteiger partial charge in [0.2, 0.25) is 5.28 Å². The van der Waals surface area contributed by atoms with Crippen molar-refractivity contribution >= 4 is 39.0 Å². The van der Waals surface area contributed by atoms with Gasteiger partial charge in [-0.05, 0) is 23.0 Å². The third kappa shape index (κ3) is 1.77. The van der Waals surface area contributed by atoms with Crippen LogP contribution in [0, 0.1) is 0 Å². The fourth-order valence-corrected chi connectivity index (χ4v) is 3.28. The number of rotatable bonds is 1. The predicted molar refractivity (Wildman–Crippen MR) is 73.5 cm³/mol. The van der Waals surface area contributed by atoms with E-state index in [9.17, 15) is 0 Å². The molecule has 0 bridgehead atoms. The van der Waals surface area contributed by atoms with Crippen molar-refractivity contribution in [2.75, 3.05) is 11.4 Å². The van der Waals surface area contributed by atoms with Gasteiger partial charge in [-0.2, -0.15) is 4.98 Å². The number of fused-ring (bicyclic) bond motifs is 2. The molecule has 19 heavy (non-hydrogen) atoms. The smallest absolute Gasteiger partial charge is 0.225 e. The molecule has 3 aromatic heterocycles. The van der Waals surface area contributed by atoms with Crippen LogP contribution in [0.25, 0.3) is 10.2 Å². The van der Waals surface area contributed by atoms with Gasteiger partial charge in [-0.15, -0.1) is 21.5 Å². The average molecular weight is 293 g/mol. The molecule has 0 N–H and O–H groups in total. The summed E-state index contributed by atoms with van der Waals surface area (Å²) in [4.78, 5) is 11.7. The van der Waals surface area contributed by atoms with Crippen LogP contribution in [0.4, 0.5) is 5.82 Å². The summed E-state index contributed by atoms with van der Waals surface area (Å²) in [5, 5.41) is 11.4. The lowest BCUT2D eigenvalue weighted by Crippen LogP contribution is -2.34. The third-order valence-electron chi connectivity index (χ3n) is 3.22. The summed E-state index contributed by atoms with van der Waals surface area (Å²) in [6.45, 7) is 2.41. The van der Waals surface area contributed by atoms with Gasteiger partial charge in [0.15, 0.2) is 5.82 Å². The van der Waals surface area contributed by atoms with E-state index in [4.69, 9.17) is 11.6 Å². The number of aromatic nitrogens is 5. The maximum absolute atomic E-state index is 6.00. The second-order valence-corrected chi connectivity index (χ2v) is 5.55. The fourth-order valence-electron chi connectivity index (χ4n) is 2.30. The third-order valence-corrected chi connectivity index (χ3v) is 4.19. The van der Waals surface area contributed by atoms with Crippen molar-refractivity contribution in [1.82, 2.24) is 24.7 Å². The molecule has 4 heterocycles. The predicted octanol–water partition coefficient (Wildman–Crippen LogP) is 1.96. The zero-order valence-electron chi connectivity index (χ0n) is 9.82. The van der Waals surface area contributed by atoms with E-state index < -0.39 is 0 Å². The summed E-state index contributed by atoms with van der Waals surface area (Å²) < 4.78 is 2.06. The molecular weight excluding hydrogens is 284 g/mol. The average Bonchev–Trinajstić information content (AvgIpc) is 3.04. The molecule has 0 radical (unpaired) electrons. The zero-order chi connectivity index (χ0) is 12.8. The molecule has 0 aromatic carbocycles. The largest absolute Gasteiger partial charge is 0.347 e. The van der Waals surface area contributed by atoms with E-state index in [0.717, 1.165) is 34.9 Å². The maximum Gasteiger partial charge on any atom is 0.225 e. The SMILES string of the molecule is Clc1nc(N2CCn3cnnc3C2)c2ccsc2n1. The highest BCUT2D eigenvalue weighted by atomic mass is 35.5. The summed E-state index contributed by atoms with van der Waals surface area (Å²) in [7, 11) is 0. The van der Waals surface area contributed by atoms with Gasteiger partial charge in [-0.1, -0.05) is 0 Å². The Labute approximate surface area is 117 Å². The number of nitrogens with zero attached hydrogens (tertiary/aromatic N) is 6. The van der Waals surface area contributed by atoms with Crippen molar-refractivity contribution < 1.29 is 0 Å². The summed E-state index contributed by atoms with van der Waals surface area (Å²) in [5.41, 5.74) is 0. The van der Waals surface area contributed by atoms with E-state index in [1.165, 1.54) is 0 Å². The molecule has 0 aliphatic carbocycles. The molecule has 0 unspecified atom stereocenters. The van der Waals surface area contributed by atoms with Crippen LogP contribution >= 0.6 is 22.9 Å². The number of anilines is 1. The van der Waals surface area contributed by atoms with Crippen LogP contribution < -0.4 is 4.90 Å². The van der Waals surface area contributed by atoms with E-state index >= 15 is 0 Å². The normalized spacial score (nSPS) is 14.9. The molecule has 1 aliphatic rings. The van der Waals surface area contributed by atoms with Gasteiger partial charge < -0.3 is 9.47 Å². The van der Waals surface area contributed by atoms with Crippen molar-refractivity contribution in [3.63, 3.8) is 0 Å². The Bertz CT molecular complexity index is 751. The number of halogens is 1. The summed E-state index contributed by atoms with van der Waals surface area (Å²) in [6, 6.07) is 2.03. The van der Waals surface area contributed by atoms with Crippen LogP contribution in [0.3, 0.4) is 0 Å². The van der Waals surface area contributed by atoms with Gasteiger partial charge in [0.05, 0.1) is 11.9 Å². The highest BCUT2D eigenvalue weighted by Crippen LogP contribution is 2.30. The summed E-state index contributed by atoms with van der Waals surface area (Å²) in [5.74, 6) is 1.83. The Morgan fingerprint density at radius 3 is 3.16 bits per heavy atom. The van der Waals surface area contributed by atoms with E-state index in [1.54, 1.807) is 17.7 Å². The highest BCUT2D eigenvalue weighted by molar-refractivity contribution is 7.16. The van der Waals surface area contributed by atoms with Crippen molar-refractivity contribution in [2.45, 2.75) is 13.1 Å². The van der Waals surface area contributed by atoms with E-state index in [0.29, 0.717) is 6.54 Å². The first-order chi connectivity index (χ1) is 9.31. The van der Waals surface area contributed by atoms with Crippen LogP contribution in [0.15, 0.2) is 17.8 Å². The lowest BCUT2D eigenvalue weighted by Gasteiger charge is -2.28. The molecule has 0 fully saturated rings. The van der Waals surface area contributed by atoms with Gasteiger partial charge in [-0.25, -0.2) is 4.98 Å². The molecule has 6 nitrogen and oxygen atoms in total. The van der Waals surface area contributed by atoms with Gasteiger partial charge in [0.1, 0.15) is 17.0 Å². The van der Waals surface area contributed by atoms with Crippen molar-refractivity contribution in [3.05, 3.63) is 28.9 Å². The van der Waals surface area contributed by atoms with E-state index in [2.05, 4.69) is 29.6 Å². The van der Waals surface area contributed by atoms with Gasteiger partial charge in [0, 0.05) is 13.1 Å². The lowest BCUT2D eigenvalue weighted by atomic mass is 10.3. The molecular formula is C11H9ClN6S. The molecule has 3 aromatic rings. The molecule has 0 amide bonds. The van der Waals surface area contributed by atoms with Crippen LogP contribution in [-0.2, 0) is 13.1 Å². The van der Waals surface area contributed by atoms with Crippen LogP contribution in [-0.4, -0.2) is 31.3 Å². The molecule has 0 saturated heterocycles.